The Labute approximate surface area is 132 Å². The predicted molar refractivity (Wildman–Crippen MR) is 82.3 cm³/mol. The first-order chi connectivity index (χ1) is 10.2. The van der Waals surface area contributed by atoms with Crippen LogP contribution in [0.25, 0.3) is 5.69 Å². The summed E-state index contributed by atoms with van der Waals surface area (Å²) in [5, 5.41) is 16.2. The van der Waals surface area contributed by atoms with E-state index in [4.69, 9.17) is 0 Å². The summed E-state index contributed by atoms with van der Waals surface area (Å²) in [4.78, 5) is 12.6. The zero-order valence-electron chi connectivity index (χ0n) is 10.7. The minimum absolute atomic E-state index is 0.131. The van der Waals surface area contributed by atoms with Gasteiger partial charge in [0.15, 0.2) is 5.82 Å². The number of halogens is 1. The fourth-order valence-corrected chi connectivity index (χ4v) is 2.81. The number of hydrogen-bond acceptors (Lipinski definition) is 5. The Hall–Kier alpha value is -2.06. The van der Waals surface area contributed by atoms with Crippen LogP contribution in [0.1, 0.15) is 15.5 Å². The van der Waals surface area contributed by atoms with Crippen molar-refractivity contribution >= 4 is 33.2 Å². The number of carbonyl (C=O) groups excluding carboxylic acids is 1. The van der Waals surface area contributed by atoms with Crippen molar-refractivity contribution in [3.63, 3.8) is 0 Å². The van der Waals surface area contributed by atoms with Crippen LogP contribution in [0.15, 0.2) is 46.3 Å². The van der Waals surface area contributed by atoms with Gasteiger partial charge >= 0.3 is 0 Å². The third-order valence-corrected chi connectivity index (χ3v) is 4.10. The third-order valence-electron chi connectivity index (χ3n) is 2.74. The van der Waals surface area contributed by atoms with Gasteiger partial charge in [0.1, 0.15) is 0 Å². The number of tetrazole rings is 1. The molecule has 0 aliphatic heterocycles. The van der Waals surface area contributed by atoms with E-state index in [9.17, 15) is 4.79 Å². The Balaban J connectivity index is 1.76. The monoisotopic (exact) mass is 363 g/mol. The highest BCUT2D eigenvalue weighted by Crippen LogP contribution is 2.15. The molecule has 1 amide bonds. The number of thiophene rings is 1. The van der Waals surface area contributed by atoms with Crippen molar-refractivity contribution in [1.82, 2.24) is 25.5 Å². The van der Waals surface area contributed by atoms with Crippen molar-refractivity contribution in [2.24, 2.45) is 0 Å². The van der Waals surface area contributed by atoms with Gasteiger partial charge in [-0.25, -0.2) is 0 Å². The highest BCUT2D eigenvalue weighted by molar-refractivity contribution is 9.10. The molecular formula is C13H10BrN5OS. The van der Waals surface area contributed by atoms with Gasteiger partial charge in [-0.2, -0.15) is 4.68 Å². The number of nitrogens with one attached hydrogen (secondary N) is 1. The van der Waals surface area contributed by atoms with E-state index < -0.39 is 0 Å². The summed E-state index contributed by atoms with van der Waals surface area (Å²) in [6.07, 6.45) is 0. The molecule has 1 aromatic carbocycles. The first-order valence-electron chi connectivity index (χ1n) is 6.09. The van der Waals surface area contributed by atoms with E-state index in [2.05, 4.69) is 36.8 Å². The lowest BCUT2D eigenvalue weighted by Gasteiger charge is -2.06. The summed E-state index contributed by atoms with van der Waals surface area (Å²) < 4.78 is 2.53. The van der Waals surface area contributed by atoms with Gasteiger partial charge in [0, 0.05) is 4.47 Å². The molecule has 1 N–H and O–H groups in total. The number of aromatic nitrogens is 4. The minimum atomic E-state index is -0.131. The van der Waals surface area contributed by atoms with E-state index in [-0.39, 0.29) is 12.5 Å². The predicted octanol–water partition coefficient (Wildman–Crippen LogP) is 2.42. The summed E-state index contributed by atoms with van der Waals surface area (Å²) in [5.74, 6) is 0.437. The average Bonchev–Trinajstić information content (AvgIpc) is 3.16. The van der Waals surface area contributed by atoms with Gasteiger partial charge in [-0.05, 0) is 40.1 Å². The van der Waals surface area contributed by atoms with E-state index in [1.807, 2.05) is 35.7 Å². The van der Waals surface area contributed by atoms with Gasteiger partial charge < -0.3 is 5.32 Å². The van der Waals surface area contributed by atoms with Gasteiger partial charge in [-0.15, -0.1) is 16.4 Å². The summed E-state index contributed by atoms with van der Waals surface area (Å²) in [5.41, 5.74) is 0.828. The van der Waals surface area contributed by atoms with Gasteiger partial charge in [0.05, 0.1) is 17.1 Å². The standard InChI is InChI=1S/C13H10BrN5OS/c14-9-3-1-4-10(7-9)19-12(16-17-18-19)8-15-13(20)11-5-2-6-21-11/h1-7H,8H2,(H,15,20). The molecular weight excluding hydrogens is 354 g/mol. The van der Waals surface area contributed by atoms with Gasteiger partial charge in [0.25, 0.3) is 5.91 Å². The molecule has 0 fully saturated rings. The van der Waals surface area contributed by atoms with Crippen LogP contribution in [0.3, 0.4) is 0 Å². The van der Waals surface area contributed by atoms with Crippen molar-refractivity contribution in [2.45, 2.75) is 6.54 Å². The summed E-state index contributed by atoms with van der Waals surface area (Å²) in [6.45, 7) is 0.260. The van der Waals surface area contributed by atoms with Crippen LogP contribution in [0.2, 0.25) is 0 Å². The lowest BCUT2D eigenvalue weighted by Crippen LogP contribution is -2.23. The van der Waals surface area contributed by atoms with Crippen molar-refractivity contribution in [1.29, 1.82) is 0 Å². The fraction of sp³-hybridized carbons (Fsp3) is 0.0769. The lowest BCUT2D eigenvalue weighted by atomic mass is 10.3. The smallest absolute Gasteiger partial charge is 0.261 e. The Bertz CT molecular complexity index is 756. The molecule has 0 aliphatic rings. The molecule has 0 radical (unpaired) electrons. The van der Waals surface area contributed by atoms with Crippen LogP contribution >= 0.6 is 27.3 Å². The van der Waals surface area contributed by atoms with Crippen LogP contribution in [0.4, 0.5) is 0 Å². The first kappa shape index (κ1) is 13.9. The largest absolute Gasteiger partial charge is 0.344 e. The highest BCUT2D eigenvalue weighted by Gasteiger charge is 2.11. The topological polar surface area (TPSA) is 72.7 Å². The molecule has 3 aromatic rings. The van der Waals surface area contributed by atoms with E-state index in [0.717, 1.165) is 10.2 Å². The molecule has 0 saturated heterocycles. The number of amides is 1. The van der Waals surface area contributed by atoms with Crippen LogP contribution in [-0.4, -0.2) is 26.1 Å². The Kier molecular flexibility index (Phi) is 4.07. The number of benzene rings is 1. The molecule has 0 atom stereocenters. The van der Waals surface area contributed by atoms with E-state index >= 15 is 0 Å². The lowest BCUT2D eigenvalue weighted by molar-refractivity contribution is 0.0953. The molecule has 106 valence electrons. The molecule has 0 spiro atoms. The summed E-state index contributed by atoms with van der Waals surface area (Å²) in [7, 11) is 0. The Morgan fingerprint density at radius 1 is 1.33 bits per heavy atom. The first-order valence-corrected chi connectivity index (χ1v) is 7.76. The maximum absolute atomic E-state index is 11.9. The molecule has 21 heavy (non-hydrogen) atoms. The average molecular weight is 364 g/mol. The number of carbonyl (C=O) groups is 1. The minimum Gasteiger partial charge on any atom is -0.344 e. The van der Waals surface area contributed by atoms with Gasteiger partial charge in [-0.1, -0.05) is 28.1 Å². The quantitative estimate of drug-likeness (QED) is 0.772. The Morgan fingerprint density at radius 3 is 3.00 bits per heavy atom. The third kappa shape index (κ3) is 3.17. The molecule has 0 aliphatic carbocycles. The van der Waals surface area contributed by atoms with Crippen LogP contribution in [0.5, 0.6) is 0 Å². The summed E-state index contributed by atoms with van der Waals surface area (Å²) in [6, 6.07) is 11.2. The molecule has 8 heteroatoms. The van der Waals surface area contributed by atoms with Crippen molar-refractivity contribution < 1.29 is 4.79 Å². The Morgan fingerprint density at radius 2 is 2.24 bits per heavy atom. The zero-order valence-corrected chi connectivity index (χ0v) is 13.1. The second-order valence-electron chi connectivity index (χ2n) is 4.15. The van der Waals surface area contributed by atoms with Crippen LogP contribution < -0.4 is 5.32 Å². The molecule has 6 nitrogen and oxygen atoms in total. The van der Waals surface area contributed by atoms with E-state index in [0.29, 0.717) is 10.7 Å². The SMILES string of the molecule is O=C(NCc1nnnn1-c1cccc(Br)c1)c1cccs1. The summed E-state index contributed by atoms with van der Waals surface area (Å²) >= 11 is 4.80. The van der Waals surface area contributed by atoms with Gasteiger partial charge in [0.2, 0.25) is 0 Å². The maximum atomic E-state index is 11.9. The number of nitrogens with zero attached hydrogens (tertiary/aromatic N) is 4. The highest BCUT2D eigenvalue weighted by atomic mass is 79.9. The normalized spacial score (nSPS) is 10.5. The number of hydrogen-bond donors (Lipinski definition) is 1. The van der Waals surface area contributed by atoms with Crippen LogP contribution in [-0.2, 0) is 6.54 Å². The van der Waals surface area contributed by atoms with Crippen molar-refractivity contribution in [3.8, 4) is 5.69 Å². The zero-order chi connectivity index (χ0) is 14.7. The second-order valence-corrected chi connectivity index (χ2v) is 6.01. The molecule has 0 bridgehead atoms. The van der Waals surface area contributed by atoms with Crippen molar-refractivity contribution in [3.05, 3.63) is 57.0 Å². The van der Waals surface area contributed by atoms with Crippen molar-refractivity contribution in [2.75, 3.05) is 0 Å². The van der Waals surface area contributed by atoms with Crippen LogP contribution in [0, 0.1) is 0 Å². The van der Waals surface area contributed by atoms with E-state index in [1.54, 1.807) is 10.7 Å². The van der Waals surface area contributed by atoms with Gasteiger partial charge in [-0.3, -0.25) is 4.79 Å². The molecule has 0 unspecified atom stereocenters. The molecule has 3 rings (SSSR count). The maximum Gasteiger partial charge on any atom is 0.261 e. The second kappa shape index (κ2) is 6.15. The molecule has 0 saturated carbocycles. The molecule has 2 aromatic heterocycles. The van der Waals surface area contributed by atoms with E-state index in [1.165, 1.54) is 11.3 Å². The fourth-order valence-electron chi connectivity index (χ4n) is 1.78. The number of rotatable bonds is 4. The molecule has 2 heterocycles.